The highest BCUT2D eigenvalue weighted by atomic mass is 15.4. The summed E-state index contributed by atoms with van der Waals surface area (Å²) in [5.41, 5.74) is 0. The Bertz CT molecular complexity index is 253. The summed E-state index contributed by atoms with van der Waals surface area (Å²) in [4.78, 5) is 4.31. The summed E-state index contributed by atoms with van der Waals surface area (Å²) in [5.74, 6) is 0. The van der Waals surface area contributed by atoms with Gasteiger partial charge < -0.3 is 20.4 Å². The van der Waals surface area contributed by atoms with Crippen LogP contribution < -0.4 is 10.6 Å². The molecule has 3 aliphatic heterocycles. The Balaban J connectivity index is 1.94. The zero-order valence-electron chi connectivity index (χ0n) is 6.51. The Kier molecular flexibility index (Phi) is 0.983. The number of hydrogen-bond donors (Lipinski definition) is 2. The summed E-state index contributed by atoms with van der Waals surface area (Å²) in [6.45, 7) is 0. The fourth-order valence-electron chi connectivity index (χ4n) is 1.76. The van der Waals surface area contributed by atoms with E-state index in [0.717, 1.165) is 0 Å². The minimum atomic E-state index is 0.324. The first-order valence-electron chi connectivity index (χ1n) is 4.04. The van der Waals surface area contributed by atoms with E-state index in [4.69, 9.17) is 0 Å². The summed E-state index contributed by atoms with van der Waals surface area (Å²) >= 11 is 0. The second-order valence-corrected chi connectivity index (χ2v) is 3.05. The Morgan fingerprint density at radius 1 is 0.750 bits per heavy atom. The lowest BCUT2D eigenvalue weighted by Gasteiger charge is -2.36. The highest BCUT2D eigenvalue weighted by Gasteiger charge is 2.34. The van der Waals surface area contributed by atoms with Crippen LogP contribution in [-0.4, -0.2) is 22.1 Å². The average Bonchev–Trinajstić information content (AvgIpc) is 2.71. The van der Waals surface area contributed by atoms with Gasteiger partial charge in [-0.15, -0.1) is 0 Å². The van der Waals surface area contributed by atoms with Gasteiger partial charge in [-0.25, -0.2) is 0 Å². The molecule has 12 heavy (non-hydrogen) atoms. The van der Waals surface area contributed by atoms with E-state index in [1.807, 2.05) is 24.8 Å². The van der Waals surface area contributed by atoms with Crippen molar-refractivity contribution in [2.75, 3.05) is 0 Å². The van der Waals surface area contributed by atoms with Crippen LogP contribution in [0.5, 0.6) is 0 Å². The Hall–Kier alpha value is -1.58. The molecule has 0 saturated heterocycles. The van der Waals surface area contributed by atoms with Crippen molar-refractivity contribution in [2.45, 2.75) is 12.3 Å². The number of rotatable bonds is 0. The molecule has 3 rings (SSSR count). The zero-order valence-corrected chi connectivity index (χ0v) is 6.51. The number of nitrogens with zero attached hydrogens (tertiary/aromatic N) is 2. The molecule has 3 aliphatic rings. The van der Waals surface area contributed by atoms with Crippen molar-refractivity contribution in [3.05, 3.63) is 37.2 Å². The molecule has 3 heterocycles. The van der Waals surface area contributed by atoms with E-state index in [9.17, 15) is 0 Å². The summed E-state index contributed by atoms with van der Waals surface area (Å²) in [5, 5.41) is 6.56. The lowest BCUT2D eigenvalue weighted by atomic mass is 10.3. The van der Waals surface area contributed by atoms with Crippen LogP contribution >= 0.6 is 0 Å². The topological polar surface area (TPSA) is 30.5 Å². The molecule has 0 saturated carbocycles. The molecule has 0 aliphatic carbocycles. The summed E-state index contributed by atoms with van der Waals surface area (Å²) < 4.78 is 0. The van der Waals surface area contributed by atoms with Crippen molar-refractivity contribution in [3.63, 3.8) is 0 Å². The van der Waals surface area contributed by atoms with Crippen molar-refractivity contribution < 1.29 is 0 Å². The number of nitrogens with one attached hydrogen (secondary N) is 2. The third-order valence-electron chi connectivity index (χ3n) is 2.38. The fourth-order valence-corrected chi connectivity index (χ4v) is 1.76. The minimum Gasteiger partial charge on any atom is -0.366 e. The van der Waals surface area contributed by atoms with Crippen LogP contribution in [0.3, 0.4) is 0 Å². The van der Waals surface area contributed by atoms with Crippen LogP contribution in [0.1, 0.15) is 0 Å². The van der Waals surface area contributed by atoms with E-state index in [1.165, 1.54) is 0 Å². The third-order valence-corrected chi connectivity index (χ3v) is 2.38. The van der Waals surface area contributed by atoms with Crippen LogP contribution in [0.2, 0.25) is 0 Å². The van der Waals surface area contributed by atoms with Crippen molar-refractivity contribution >= 4 is 0 Å². The fraction of sp³-hybridized carbons (Fsp3) is 0.250. The average molecular weight is 162 g/mol. The Labute approximate surface area is 70.8 Å². The van der Waals surface area contributed by atoms with Gasteiger partial charge in [0.1, 0.15) is 12.3 Å². The molecule has 0 radical (unpaired) electrons. The molecular formula is C8H10N4. The molecule has 2 unspecified atom stereocenters. The number of fused-ring (bicyclic) bond motifs is 3. The molecule has 0 aromatic carbocycles. The first-order valence-corrected chi connectivity index (χ1v) is 4.04. The van der Waals surface area contributed by atoms with E-state index >= 15 is 0 Å². The lowest BCUT2D eigenvalue weighted by Crippen LogP contribution is -2.55. The highest BCUT2D eigenvalue weighted by molar-refractivity contribution is 5.14. The van der Waals surface area contributed by atoms with Gasteiger partial charge in [0, 0.05) is 37.2 Å². The Morgan fingerprint density at radius 3 is 1.75 bits per heavy atom. The van der Waals surface area contributed by atoms with Crippen molar-refractivity contribution in [1.82, 2.24) is 20.4 Å². The van der Waals surface area contributed by atoms with Gasteiger partial charge in [-0.05, 0) is 0 Å². The smallest absolute Gasteiger partial charge is 0.142 e. The molecule has 0 spiro atoms. The SMILES string of the molecule is C1=CN2C=CN3C=CNC3C2N1. The van der Waals surface area contributed by atoms with Crippen LogP contribution in [0, 0.1) is 0 Å². The summed E-state index contributed by atoms with van der Waals surface area (Å²) in [7, 11) is 0. The molecule has 0 aromatic heterocycles. The summed E-state index contributed by atoms with van der Waals surface area (Å²) in [6, 6.07) is 0. The van der Waals surface area contributed by atoms with Gasteiger partial charge in [-0.1, -0.05) is 0 Å². The van der Waals surface area contributed by atoms with Crippen molar-refractivity contribution in [1.29, 1.82) is 0 Å². The van der Waals surface area contributed by atoms with Crippen molar-refractivity contribution in [2.24, 2.45) is 0 Å². The summed E-state index contributed by atoms with van der Waals surface area (Å²) in [6.07, 6.45) is 12.8. The molecule has 62 valence electrons. The van der Waals surface area contributed by atoms with Gasteiger partial charge in [0.05, 0.1) is 0 Å². The van der Waals surface area contributed by atoms with Gasteiger partial charge in [-0.3, -0.25) is 0 Å². The maximum atomic E-state index is 3.28. The molecule has 2 atom stereocenters. The largest absolute Gasteiger partial charge is 0.366 e. The van der Waals surface area contributed by atoms with Crippen LogP contribution in [0.25, 0.3) is 0 Å². The molecule has 0 bridgehead atoms. The maximum Gasteiger partial charge on any atom is 0.142 e. The predicted molar refractivity (Wildman–Crippen MR) is 44.9 cm³/mol. The van der Waals surface area contributed by atoms with Gasteiger partial charge in [0.2, 0.25) is 0 Å². The van der Waals surface area contributed by atoms with Crippen LogP contribution in [0.4, 0.5) is 0 Å². The van der Waals surface area contributed by atoms with E-state index < -0.39 is 0 Å². The highest BCUT2D eigenvalue weighted by Crippen LogP contribution is 2.21. The van der Waals surface area contributed by atoms with E-state index in [-0.39, 0.29) is 0 Å². The second-order valence-electron chi connectivity index (χ2n) is 3.05. The number of hydrogen-bond acceptors (Lipinski definition) is 4. The van der Waals surface area contributed by atoms with Gasteiger partial charge in [0.15, 0.2) is 0 Å². The third kappa shape index (κ3) is 0.617. The maximum absolute atomic E-state index is 3.28. The van der Waals surface area contributed by atoms with E-state index in [1.54, 1.807) is 0 Å². The van der Waals surface area contributed by atoms with Gasteiger partial charge in [0.25, 0.3) is 0 Å². The minimum absolute atomic E-state index is 0.324. The Morgan fingerprint density at radius 2 is 1.25 bits per heavy atom. The van der Waals surface area contributed by atoms with Crippen LogP contribution in [0.15, 0.2) is 37.2 Å². The quantitative estimate of drug-likeness (QED) is 0.519. The standard InChI is InChI=1S/C8H10N4/c1-3-11-5-6-12-4-2-10-8(12)7(11)9-1/h1-10H. The normalized spacial score (nSPS) is 34.7. The molecule has 0 amide bonds. The van der Waals surface area contributed by atoms with Crippen molar-refractivity contribution in [3.8, 4) is 0 Å². The molecular weight excluding hydrogens is 152 g/mol. The molecule has 4 heteroatoms. The van der Waals surface area contributed by atoms with Crippen LogP contribution in [-0.2, 0) is 0 Å². The lowest BCUT2D eigenvalue weighted by molar-refractivity contribution is 0.180. The van der Waals surface area contributed by atoms with E-state index in [2.05, 4.69) is 32.8 Å². The molecule has 0 aromatic rings. The zero-order chi connectivity index (χ0) is 7.97. The van der Waals surface area contributed by atoms with E-state index in [0.29, 0.717) is 12.3 Å². The predicted octanol–water partition coefficient (Wildman–Crippen LogP) is -0.124. The molecule has 4 nitrogen and oxygen atoms in total. The molecule has 2 N–H and O–H groups in total. The van der Waals surface area contributed by atoms with Gasteiger partial charge in [-0.2, -0.15) is 0 Å². The monoisotopic (exact) mass is 162 g/mol. The first-order chi connectivity index (χ1) is 5.95. The first kappa shape index (κ1) is 5.99. The van der Waals surface area contributed by atoms with Gasteiger partial charge >= 0.3 is 0 Å². The molecule has 0 fully saturated rings. The second kappa shape index (κ2) is 1.97.